The van der Waals surface area contributed by atoms with Gasteiger partial charge in [0.05, 0.1) is 11.8 Å². The number of alkyl halides is 3. The lowest BCUT2D eigenvalue weighted by molar-refractivity contribution is -0.137. The molecule has 36 heavy (non-hydrogen) atoms. The molecule has 186 valence electrons. The van der Waals surface area contributed by atoms with E-state index in [0.717, 1.165) is 17.7 Å². The summed E-state index contributed by atoms with van der Waals surface area (Å²) in [6, 6.07) is 19.7. The average Bonchev–Trinajstić information content (AvgIpc) is 2.87. The Labute approximate surface area is 204 Å². The van der Waals surface area contributed by atoms with Crippen LogP contribution in [0.1, 0.15) is 16.7 Å². The molecule has 3 amide bonds. The van der Waals surface area contributed by atoms with Gasteiger partial charge in [-0.05, 0) is 53.6 Å². The molecule has 0 aliphatic rings. The van der Waals surface area contributed by atoms with E-state index in [1.807, 2.05) is 35.8 Å². The van der Waals surface area contributed by atoms with Gasteiger partial charge in [0.25, 0.3) is 5.91 Å². The van der Waals surface area contributed by atoms with Crippen molar-refractivity contribution in [3.05, 3.63) is 95.6 Å². The summed E-state index contributed by atoms with van der Waals surface area (Å²) >= 11 is 0. The number of benzene rings is 3. The van der Waals surface area contributed by atoms with E-state index in [2.05, 4.69) is 15.7 Å². The molecule has 0 heterocycles. The van der Waals surface area contributed by atoms with E-state index in [-0.39, 0.29) is 18.2 Å². The van der Waals surface area contributed by atoms with E-state index in [9.17, 15) is 27.6 Å². The molecule has 3 aromatic rings. The topological polar surface area (TPSA) is 109 Å². The lowest BCUT2D eigenvalue weighted by Crippen LogP contribution is -2.32. The molecule has 0 bridgehead atoms. The van der Waals surface area contributed by atoms with Crippen LogP contribution in [-0.4, -0.2) is 30.5 Å². The molecule has 0 spiro atoms. The van der Waals surface area contributed by atoms with Crippen LogP contribution in [0.4, 0.5) is 18.9 Å². The number of anilines is 1. The number of hydrazone groups is 1. The fraction of sp³-hybridized carbons (Fsp3) is 0.120. The normalized spacial score (nSPS) is 11.1. The zero-order valence-electron chi connectivity index (χ0n) is 18.7. The zero-order chi connectivity index (χ0) is 26.0. The number of hydrogen-bond acceptors (Lipinski definition) is 5. The number of ether oxygens (including phenoxy) is 1. The number of rotatable bonds is 8. The van der Waals surface area contributed by atoms with E-state index < -0.39 is 23.6 Å². The standard InChI is InChI=1S/C25H21F3N4O4/c26-25(27,28)19-7-4-8-20(13-19)31-23(34)24(35)32-30-15-18-9-11-21(12-10-18)36-16-22(33)29-14-17-5-2-1-3-6-17/h1-13,15H,14,16H2,(H,29,33)(H,31,34)(H,32,35)/b30-15-. The summed E-state index contributed by atoms with van der Waals surface area (Å²) in [5, 5.41) is 8.47. The van der Waals surface area contributed by atoms with Crippen molar-refractivity contribution >= 4 is 29.6 Å². The van der Waals surface area contributed by atoms with Crippen LogP contribution in [0.3, 0.4) is 0 Å². The summed E-state index contributed by atoms with van der Waals surface area (Å²) in [5.74, 6) is -2.19. The van der Waals surface area contributed by atoms with Gasteiger partial charge in [-0.25, -0.2) is 5.43 Å². The van der Waals surface area contributed by atoms with Crippen molar-refractivity contribution in [2.75, 3.05) is 11.9 Å². The molecule has 0 aliphatic carbocycles. The zero-order valence-corrected chi connectivity index (χ0v) is 18.7. The first kappa shape index (κ1) is 25.9. The highest BCUT2D eigenvalue weighted by Gasteiger charge is 2.30. The minimum Gasteiger partial charge on any atom is -0.484 e. The largest absolute Gasteiger partial charge is 0.484 e. The molecule has 0 aliphatic heterocycles. The Hall–Kier alpha value is -4.67. The van der Waals surface area contributed by atoms with Crippen LogP contribution in [0.2, 0.25) is 0 Å². The van der Waals surface area contributed by atoms with Gasteiger partial charge in [-0.1, -0.05) is 36.4 Å². The van der Waals surface area contributed by atoms with Gasteiger partial charge in [0.1, 0.15) is 5.75 Å². The molecular weight excluding hydrogens is 477 g/mol. The van der Waals surface area contributed by atoms with E-state index in [4.69, 9.17) is 4.74 Å². The highest BCUT2D eigenvalue weighted by atomic mass is 19.4. The van der Waals surface area contributed by atoms with Gasteiger partial charge in [0.15, 0.2) is 6.61 Å². The Morgan fingerprint density at radius 2 is 1.61 bits per heavy atom. The Morgan fingerprint density at radius 1 is 0.889 bits per heavy atom. The SMILES string of the molecule is O=C(COc1ccc(/C=N\NC(=O)C(=O)Nc2cccc(C(F)(F)F)c2)cc1)NCc1ccccc1. The summed E-state index contributed by atoms with van der Waals surface area (Å²) < 4.78 is 43.7. The number of hydrogen-bond donors (Lipinski definition) is 3. The summed E-state index contributed by atoms with van der Waals surface area (Å²) in [5.41, 5.74) is 2.37. The van der Waals surface area contributed by atoms with Crippen molar-refractivity contribution in [2.24, 2.45) is 5.10 Å². The second-order valence-electron chi connectivity index (χ2n) is 7.35. The second-order valence-corrected chi connectivity index (χ2v) is 7.35. The third kappa shape index (κ3) is 8.28. The van der Waals surface area contributed by atoms with Crippen LogP contribution in [0, 0.1) is 0 Å². The smallest absolute Gasteiger partial charge is 0.416 e. The number of carbonyl (C=O) groups excluding carboxylic acids is 3. The van der Waals surface area contributed by atoms with Crippen LogP contribution in [0.15, 0.2) is 84.0 Å². The van der Waals surface area contributed by atoms with Gasteiger partial charge in [-0.3, -0.25) is 14.4 Å². The summed E-state index contributed by atoms with van der Waals surface area (Å²) in [7, 11) is 0. The first-order valence-electron chi connectivity index (χ1n) is 10.6. The molecule has 11 heteroatoms. The Morgan fingerprint density at radius 3 is 2.31 bits per heavy atom. The first-order valence-corrected chi connectivity index (χ1v) is 10.6. The molecule has 0 radical (unpaired) electrons. The molecule has 0 fully saturated rings. The van der Waals surface area contributed by atoms with Gasteiger partial charge < -0.3 is 15.4 Å². The Bertz CT molecular complexity index is 1230. The number of amides is 3. The summed E-state index contributed by atoms with van der Waals surface area (Å²) in [6.07, 6.45) is -3.32. The molecule has 0 aromatic heterocycles. The maximum Gasteiger partial charge on any atom is 0.416 e. The van der Waals surface area contributed by atoms with Gasteiger partial charge in [0, 0.05) is 12.2 Å². The van der Waals surface area contributed by atoms with Crippen molar-refractivity contribution < 1.29 is 32.3 Å². The van der Waals surface area contributed by atoms with Crippen molar-refractivity contribution in [3.8, 4) is 5.75 Å². The molecule has 0 atom stereocenters. The highest BCUT2D eigenvalue weighted by molar-refractivity contribution is 6.39. The highest BCUT2D eigenvalue weighted by Crippen LogP contribution is 2.30. The maximum absolute atomic E-state index is 12.7. The van der Waals surface area contributed by atoms with Gasteiger partial charge in [0.2, 0.25) is 0 Å². The van der Waals surface area contributed by atoms with E-state index in [1.54, 1.807) is 24.3 Å². The van der Waals surface area contributed by atoms with Crippen LogP contribution in [0.25, 0.3) is 0 Å². The minimum atomic E-state index is -4.58. The van der Waals surface area contributed by atoms with Crippen LogP contribution < -0.4 is 20.8 Å². The van der Waals surface area contributed by atoms with Crippen molar-refractivity contribution in [2.45, 2.75) is 12.7 Å². The van der Waals surface area contributed by atoms with E-state index in [0.29, 0.717) is 23.9 Å². The third-order valence-electron chi connectivity index (χ3n) is 4.62. The molecule has 0 unspecified atom stereocenters. The predicted molar refractivity (Wildman–Crippen MR) is 126 cm³/mol. The van der Waals surface area contributed by atoms with Gasteiger partial charge in [-0.2, -0.15) is 18.3 Å². The summed E-state index contributed by atoms with van der Waals surface area (Å²) in [6.45, 7) is 0.222. The number of carbonyl (C=O) groups is 3. The Kier molecular flexibility index (Phi) is 8.76. The quantitative estimate of drug-likeness (QED) is 0.251. The molecule has 3 rings (SSSR count). The maximum atomic E-state index is 12.7. The van der Waals surface area contributed by atoms with Crippen LogP contribution in [-0.2, 0) is 27.1 Å². The predicted octanol–water partition coefficient (Wildman–Crippen LogP) is 3.49. The lowest BCUT2D eigenvalue weighted by atomic mass is 10.2. The lowest BCUT2D eigenvalue weighted by Gasteiger charge is -2.09. The van der Waals surface area contributed by atoms with Gasteiger partial charge in [-0.15, -0.1) is 0 Å². The van der Waals surface area contributed by atoms with Crippen LogP contribution >= 0.6 is 0 Å². The van der Waals surface area contributed by atoms with Crippen molar-refractivity contribution in [1.29, 1.82) is 0 Å². The molecule has 0 saturated heterocycles. The van der Waals surface area contributed by atoms with Gasteiger partial charge >= 0.3 is 18.0 Å². The monoisotopic (exact) mass is 498 g/mol. The first-order chi connectivity index (χ1) is 17.2. The number of halogens is 3. The fourth-order valence-electron chi connectivity index (χ4n) is 2.82. The molecule has 3 N–H and O–H groups in total. The molecule has 3 aromatic carbocycles. The molecule has 8 nitrogen and oxygen atoms in total. The summed E-state index contributed by atoms with van der Waals surface area (Å²) in [4.78, 5) is 35.6. The molecular formula is C25H21F3N4O4. The third-order valence-corrected chi connectivity index (χ3v) is 4.62. The van der Waals surface area contributed by atoms with E-state index in [1.165, 1.54) is 12.3 Å². The van der Waals surface area contributed by atoms with Crippen molar-refractivity contribution in [3.63, 3.8) is 0 Å². The minimum absolute atomic E-state index is 0.169. The second kappa shape index (κ2) is 12.2. The number of nitrogens with zero attached hydrogens (tertiary/aromatic N) is 1. The number of nitrogens with one attached hydrogen (secondary N) is 3. The van der Waals surface area contributed by atoms with Crippen LogP contribution in [0.5, 0.6) is 5.75 Å². The fourth-order valence-corrected chi connectivity index (χ4v) is 2.82. The van der Waals surface area contributed by atoms with Crippen molar-refractivity contribution in [1.82, 2.24) is 10.7 Å². The molecule has 0 saturated carbocycles. The average molecular weight is 498 g/mol. The van der Waals surface area contributed by atoms with E-state index >= 15 is 0 Å². The Balaban J connectivity index is 1.42.